The zero-order valence-corrected chi connectivity index (χ0v) is 26.5. The van der Waals surface area contributed by atoms with E-state index >= 15 is 0 Å². The Kier molecular flexibility index (Phi) is 10.3. The molecule has 2 aromatic carbocycles. The summed E-state index contributed by atoms with van der Waals surface area (Å²) in [6.45, 7) is 8.14. The fourth-order valence-electron chi connectivity index (χ4n) is 5.31. The van der Waals surface area contributed by atoms with Crippen LogP contribution in [0.4, 0.5) is 24.5 Å². The van der Waals surface area contributed by atoms with Gasteiger partial charge >= 0.3 is 6.18 Å². The number of nitrogens with zero attached hydrogens (tertiary/aromatic N) is 5. The van der Waals surface area contributed by atoms with E-state index in [-0.39, 0.29) is 23.4 Å². The Morgan fingerprint density at radius 1 is 1.09 bits per heavy atom. The molecule has 4 N–H and O–H groups in total. The molecule has 5 rings (SSSR count). The fraction of sp³-hybridized carbons (Fsp3) is 0.286. The van der Waals surface area contributed by atoms with Gasteiger partial charge in [-0.05, 0) is 79.2 Å². The number of imidazole rings is 1. The molecule has 0 saturated carbocycles. The van der Waals surface area contributed by atoms with Crippen LogP contribution in [0, 0.1) is 18.8 Å². The van der Waals surface area contributed by atoms with Crippen LogP contribution < -0.4 is 16.4 Å². The molecule has 0 spiro atoms. The van der Waals surface area contributed by atoms with Crippen LogP contribution in [0.2, 0.25) is 0 Å². The topological polar surface area (TPSA) is 103 Å². The molecule has 1 fully saturated rings. The highest BCUT2D eigenvalue weighted by molar-refractivity contribution is 6.04. The number of halogens is 3. The number of rotatable bonds is 8. The summed E-state index contributed by atoms with van der Waals surface area (Å²) in [4.78, 5) is 26.4. The third-order valence-electron chi connectivity index (χ3n) is 7.99. The molecule has 2 aromatic heterocycles. The lowest BCUT2D eigenvalue weighted by Crippen LogP contribution is -2.45. The van der Waals surface area contributed by atoms with Crippen molar-refractivity contribution in [3.63, 3.8) is 0 Å². The number of anilines is 1. The predicted octanol–water partition coefficient (Wildman–Crippen LogP) is 5.17. The average molecular weight is 643 g/mol. The van der Waals surface area contributed by atoms with E-state index in [1.165, 1.54) is 12.1 Å². The van der Waals surface area contributed by atoms with Crippen molar-refractivity contribution in [2.45, 2.75) is 26.6 Å². The minimum absolute atomic E-state index is 0.0707. The number of carbonyl (C=O) groups is 1. The summed E-state index contributed by atoms with van der Waals surface area (Å²) in [5.41, 5.74) is 8.94. The summed E-state index contributed by atoms with van der Waals surface area (Å²) >= 11 is 0. The number of hydrogen-bond donors (Lipinski definition) is 3. The van der Waals surface area contributed by atoms with Crippen LogP contribution in [0.25, 0.3) is 5.65 Å². The van der Waals surface area contributed by atoms with Crippen LogP contribution >= 0.6 is 0 Å². The molecular formula is C35H37F3N8O. The largest absolute Gasteiger partial charge is 0.416 e. The molecule has 12 heteroatoms. The number of pyridine rings is 1. The summed E-state index contributed by atoms with van der Waals surface area (Å²) in [5, 5.41) is 5.50. The van der Waals surface area contributed by atoms with Crippen molar-refractivity contribution in [1.29, 1.82) is 0 Å². The van der Waals surface area contributed by atoms with Gasteiger partial charge in [0.1, 0.15) is 17.2 Å². The fourth-order valence-corrected chi connectivity index (χ4v) is 5.31. The number of piperazine rings is 1. The number of carbonyl (C=O) groups excluding carboxylic acids is 1. The van der Waals surface area contributed by atoms with Crippen molar-refractivity contribution in [3.05, 3.63) is 107 Å². The van der Waals surface area contributed by atoms with Crippen molar-refractivity contribution >= 4 is 28.8 Å². The number of hydrogen-bond acceptors (Lipinski definition) is 6. The van der Waals surface area contributed by atoms with Gasteiger partial charge in [0, 0.05) is 62.8 Å². The highest BCUT2D eigenvalue weighted by Gasteiger charge is 2.34. The summed E-state index contributed by atoms with van der Waals surface area (Å²) in [5.74, 6) is 5.99. The third-order valence-corrected chi connectivity index (χ3v) is 7.99. The molecule has 0 radical (unpaired) electrons. The van der Waals surface area contributed by atoms with Crippen LogP contribution in [0.3, 0.4) is 0 Å². The summed E-state index contributed by atoms with van der Waals surface area (Å²) in [6.07, 6.45) is 2.19. The molecule has 0 aliphatic carbocycles. The van der Waals surface area contributed by atoms with Crippen LogP contribution in [0.15, 0.2) is 78.2 Å². The number of amides is 1. The Morgan fingerprint density at radius 3 is 2.57 bits per heavy atom. The summed E-state index contributed by atoms with van der Waals surface area (Å²) < 4.78 is 44.1. The number of aryl methyl sites for hydroxylation is 1. The number of benzene rings is 2. The molecule has 0 atom stereocenters. The first-order chi connectivity index (χ1) is 22.5. The molecule has 0 bridgehead atoms. The second kappa shape index (κ2) is 14.5. The zero-order valence-electron chi connectivity index (χ0n) is 26.5. The van der Waals surface area contributed by atoms with Gasteiger partial charge in [0.2, 0.25) is 0 Å². The standard InChI is InChI=1S/C35H37F3N8O/c1-4-44-16-18-45(19-17-44)23-27-9-11-28(21-30(27)35(36,37)38)42-34(47)26-8-7-24(2)25(20-26)10-12-29-22-41-33-31(6-5-15-46(29)33)43-32(39)13-14-40-3/h5-9,11,13-15,20-22,40H,4,16-19,23H2,1-3H3,(H2,39,43)(H,42,47)/b14-13-. The Morgan fingerprint density at radius 2 is 1.85 bits per heavy atom. The van der Waals surface area contributed by atoms with Crippen molar-refractivity contribution in [2.24, 2.45) is 10.7 Å². The number of alkyl halides is 3. The van der Waals surface area contributed by atoms with E-state index in [9.17, 15) is 18.0 Å². The van der Waals surface area contributed by atoms with E-state index in [1.54, 1.807) is 54.2 Å². The zero-order chi connectivity index (χ0) is 33.6. The highest BCUT2D eigenvalue weighted by atomic mass is 19.4. The van der Waals surface area contributed by atoms with Crippen LogP contribution in [0.1, 0.15) is 45.2 Å². The second-order valence-electron chi connectivity index (χ2n) is 11.2. The lowest BCUT2D eigenvalue weighted by molar-refractivity contribution is -0.138. The number of fused-ring (bicyclic) bond motifs is 1. The SMILES string of the molecule is CCN1CCN(Cc2ccc(NC(=O)c3ccc(C)c(C#Cc4cnc5c(N=C(N)/C=C\NC)cccn45)c3)cc2C(F)(F)F)CC1. The van der Waals surface area contributed by atoms with Gasteiger partial charge in [0.25, 0.3) is 5.91 Å². The van der Waals surface area contributed by atoms with Gasteiger partial charge in [-0.3, -0.25) is 14.1 Å². The molecule has 1 amide bonds. The van der Waals surface area contributed by atoms with Gasteiger partial charge in [0.05, 0.1) is 11.8 Å². The third kappa shape index (κ3) is 8.19. The number of aliphatic imine (C=N–C) groups is 1. The van der Waals surface area contributed by atoms with E-state index < -0.39 is 17.6 Å². The Labute approximate surface area is 272 Å². The maximum Gasteiger partial charge on any atom is 0.416 e. The molecule has 1 aliphatic heterocycles. The quantitative estimate of drug-likeness (QED) is 0.139. The van der Waals surface area contributed by atoms with Gasteiger partial charge in [-0.2, -0.15) is 13.2 Å². The average Bonchev–Trinajstić information content (AvgIpc) is 3.48. The van der Waals surface area contributed by atoms with Gasteiger partial charge < -0.3 is 21.3 Å². The number of nitrogens with one attached hydrogen (secondary N) is 2. The Bertz CT molecular complexity index is 1880. The van der Waals surface area contributed by atoms with E-state index in [1.807, 2.05) is 24.1 Å². The minimum Gasteiger partial charge on any atom is -0.394 e. The normalized spacial score (nSPS) is 14.7. The monoisotopic (exact) mass is 642 g/mol. The lowest BCUT2D eigenvalue weighted by Gasteiger charge is -2.34. The molecule has 3 heterocycles. The molecule has 47 heavy (non-hydrogen) atoms. The first-order valence-corrected chi connectivity index (χ1v) is 15.3. The van der Waals surface area contributed by atoms with Crippen molar-refractivity contribution in [2.75, 3.05) is 45.1 Å². The van der Waals surface area contributed by atoms with E-state index in [4.69, 9.17) is 5.73 Å². The first-order valence-electron chi connectivity index (χ1n) is 15.3. The summed E-state index contributed by atoms with van der Waals surface area (Å²) in [6, 6.07) is 12.6. The summed E-state index contributed by atoms with van der Waals surface area (Å²) in [7, 11) is 1.76. The predicted molar refractivity (Wildman–Crippen MR) is 179 cm³/mol. The second-order valence-corrected chi connectivity index (χ2v) is 11.2. The van der Waals surface area contributed by atoms with Crippen LogP contribution in [-0.2, 0) is 12.7 Å². The molecule has 9 nitrogen and oxygen atoms in total. The molecular weight excluding hydrogens is 605 g/mol. The first kappa shape index (κ1) is 33.2. The van der Waals surface area contributed by atoms with Crippen LogP contribution in [-0.4, -0.2) is 70.7 Å². The molecule has 4 aromatic rings. The highest BCUT2D eigenvalue weighted by Crippen LogP contribution is 2.35. The number of likely N-dealkylation sites (N-methyl/N-ethyl adjacent to an activating group) is 1. The number of amidine groups is 1. The van der Waals surface area contributed by atoms with E-state index in [0.717, 1.165) is 31.3 Å². The van der Waals surface area contributed by atoms with Crippen molar-refractivity contribution in [1.82, 2.24) is 24.5 Å². The van der Waals surface area contributed by atoms with Gasteiger partial charge in [-0.15, -0.1) is 0 Å². The molecule has 0 unspecified atom stereocenters. The number of nitrogens with two attached hydrogens (primary N) is 1. The van der Waals surface area contributed by atoms with Gasteiger partial charge in [-0.1, -0.05) is 25.0 Å². The molecule has 1 saturated heterocycles. The Balaban J connectivity index is 1.34. The molecule has 1 aliphatic rings. The smallest absolute Gasteiger partial charge is 0.394 e. The Hall–Kier alpha value is -5.12. The van der Waals surface area contributed by atoms with Gasteiger partial charge in [-0.25, -0.2) is 9.98 Å². The molecule has 244 valence electrons. The maximum atomic E-state index is 14.1. The van der Waals surface area contributed by atoms with Crippen molar-refractivity contribution in [3.8, 4) is 11.8 Å². The van der Waals surface area contributed by atoms with E-state index in [2.05, 4.69) is 44.3 Å². The van der Waals surface area contributed by atoms with Crippen molar-refractivity contribution < 1.29 is 18.0 Å². The number of aromatic nitrogens is 2. The maximum absolute atomic E-state index is 14.1. The minimum atomic E-state index is -4.56. The van der Waals surface area contributed by atoms with Crippen LogP contribution in [0.5, 0.6) is 0 Å². The lowest BCUT2D eigenvalue weighted by atomic mass is 10.0. The van der Waals surface area contributed by atoms with E-state index in [0.29, 0.717) is 41.5 Å². The van der Waals surface area contributed by atoms with Gasteiger partial charge in [0.15, 0.2) is 5.65 Å².